The summed E-state index contributed by atoms with van der Waals surface area (Å²) in [5.74, 6) is -2.15. The Balaban J connectivity index is 2.24. The molecule has 0 bridgehead atoms. The lowest BCUT2D eigenvalue weighted by Crippen LogP contribution is -2.28. The topological polar surface area (TPSA) is 84.6 Å². The van der Waals surface area contributed by atoms with Crippen LogP contribution in [-0.4, -0.2) is 46.2 Å². The first-order valence-electron chi connectivity index (χ1n) is 8.88. The van der Waals surface area contributed by atoms with Crippen molar-refractivity contribution in [2.45, 2.75) is 45.9 Å². The normalized spacial score (nSPS) is 13.4. The van der Waals surface area contributed by atoms with Crippen molar-refractivity contribution in [2.24, 2.45) is 0 Å². The van der Waals surface area contributed by atoms with Gasteiger partial charge < -0.3 is 14.2 Å². The fourth-order valence-electron chi connectivity index (χ4n) is 2.43. The summed E-state index contributed by atoms with van der Waals surface area (Å²) in [6, 6.07) is 1.83. The predicted molar refractivity (Wildman–Crippen MR) is 101 cm³/mol. The van der Waals surface area contributed by atoms with Crippen molar-refractivity contribution in [3.05, 3.63) is 39.3 Å². The molecule has 0 aliphatic rings. The zero-order valence-corrected chi connectivity index (χ0v) is 17.5. The summed E-state index contributed by atoms with van der Waals surface area (Å²) >= 11 is 5.96. The van der Waals surface area contributed by atoms with Crippen LogP contribution in [0.2, 0.25) is 5.02 Å². The molecule has 0 saturated heterocycles. The molecular formula is C18H21ClF3N3O5. The van der Waals surface area contributed by atoms with Crippen molar-refractivity contribution in [1.82, 2.24) is 14.3 Å². The molecule has 12 heteroatoms. The number of halogens is 4. The number of hydrogen-bond acceptors (Lipinski definition) is 6. The van der Waals surface area contributed by atoms with Crippen molar-refractivity contribution in [2.75, 3.05) is 13.7 Å². The van der Waals surface area contributed by atoms with E-state index in [4.69, 9.17) is 25.8 Å². The van der Waals surface area contributed by atoms with Crippen molar-refractivity contribution in [3.8, 4) is 11.4 Å². The lowest BCUT2D eigenvalue weighted by Gasteiger charge is -2.16. The highest BCUT2D eigenvalue weighted by atomic mass is 35.5. The molecule has 2 unspecified atom stereocenters. The van der Waals surface area contributed by atoms with E-state index in [1.807, 2.05) is 6.92 Å². The van der Waals surface area contributed by atoms with Crippen LogP contribution in [0.1, 0.15) is 32.6 Å². The third-order valence-corrected chi connectivity index (χ3v) is 4.51. The van der Waals surface area contributed by atoms with Crippen LogP contribution < -0.4 is 10.4 Å². The minimum Gasteiger partial charge on any atom is -0.477 e. The molecule has 0 saturated carbocycles. The molecule has 1 aromatic carbocycles. The zero-order valence-electron chi connectivity index (χ0n) is 16.7. The van der Waals surface area contributed by atoms with E-state index in [9.17, 15) is 22.8 Å². The zero-order chi connectivity index (χ0) is 22.6. The molecule has 1 aromatic heterocycles. The molecule has 0 N–H and O–H groups in total. The van der Waals surface area contributed by atoms with Gasteiger partial charge in [-0.2, -0.15) is 13.5 Å². The van der Waals surface area contributed by atoms with Crippen LogP contribution in [0, 0.1) is 12.7 Å². The van der Waals surface area contributed by atoms with E-state index in [0.717, 1.165) is 12.1 Å². The Labute approximate surface area is 175 Å². The average Bonchev–Trinajstić information content (AvgIpc) is 2.97. The van der Waals surface area contributed by atoms with Crippen LogP contribution in [0.5, 0.6) is 5.75 Å². The lowest BCUT2D eigenvalue weighted by molar-refractivity contribution is -0.151. The molecule has 2 rings (SSSR count). The summed E-state index contributed by atoms with van der Waals surface area (Å²) in [5.41, 5.74) is -1.70. The van der Waals surface area contributed by atoms with E-state index in [1.165, 1.54) is 21.0 Å². The minimum absolute atomic E-state index is 0.0991. The molecule has 166 valence electrons. The second-order valence-corrected chi connectivity index (χ2v) is 6.79. The number of nitrogens with zero attached hydrogens (tertiary/aromatic N) is 3. The second-order valence-electron chi connectivity index (χ2n) is 6.39. The molecule has 0 aliphatic heterocycles. The molecule has 0 fully saturated rings. The number of ether oxygens (including phenoxy) is 3. The smallest absolute Gasteiger partial charge is 0.355 e. The van der Waals surface area contributed by atoms with E-state index >= 15 is 0 Å². The number of methoxy groups -OCH3 is 1. The van der Waals surface area contributed by atoms with Gasteiger partial charge in [0.15, 0.2) is 11.9 Å². The monoisotopic (exact) mass is 451 g/mol. The lowest BCUT2D eigenvalue weighted by atomic mass is 10.2. The Morgan fingerprint density at radius 1 is 1.30 bits per heavy atom. The number of hydrogen-bond donors (Lipinski definition) is 0. The van der Waals surface area contributed by atoms with Crippen molar-refractivity contribution < 1.29 is 32.2 Å². The van der Waals surface area contributed by atoms with Gasteiger partial charge in [-0.1, -0.05) is 11.6 Å². The minimum atomic E-state index is -3.15. The van der Waals surface area contributed by atoms with Gasteiger partial charge in [-0.05, 0) is 26.8 Å². The standard InChI is InChI=1S/C18H21ClF3N3O5/c1-9(28-4)5-6-29-16(26)10(2)30-15-8-14(13(20)7-12(15)19)25-18(27)24(17(21)22)11(3)23-25/h7-10,17H,5-6H2,1-4H3. The molecule has 0 radical (unpaired) electrons. The summed E-state index contributed by atoms with van der Waals surface area (Å²) in [6.07, 6.45) is -0.737. The number of alkyl halides is 2. The summed E-state index contributed by atoms with van der Waals surface area (Å²) in [4.78, 5) is 24.2. The Bertz CT molecular complexity index is 963. The van der Waals surface area contributed by atoms with Crippen LogP contribution >= 0.6 is 11.6 Å². The number of aryl methyl sites for hydroxylation is 1. The maximum absolute atomic E-state index is 14.4. The largest absolute Gasteiger partial charge is 0.477 e. The van der Waals surface area contributed by atoms with E-state index in [2.05, 4.69) is 5.10 Å². The maximum Gasteiger partial charge on any atom is 0.355 e. The summed E-state index contributed by atoms with van der Waals surface area (Å²) < 4.78 is 56.5. The van der Waals surface area contributed by atoms with Crippen LogP contribution in [0.3, 0.4) is 0 Å². The predicted octanol–water partition coefficient (Wildman–Crippen LogP) is 3.27. The summed E-state index contributed by atoms with van der Waals surface area (Å²) in [7, 11) is 1.53. The van der Waals surface area contributed by atoms with Crippen molar-refractivity contribution >= 4 is 17.6 Å². The quantitative estimate of drug-likeness (QED) is 0.544. The summed E-state index contributed by atoms with van der Waals surface area (Å²) in [5, 5.41) is 3.46. The van der Waals surface area contributed by atoms with Crippen LogP contribution in [0.4, 0.5) is 13.2 Å². The number of carbonyl (C=O) groups is 1. The van der Waals surface area contributed by atoms with Gasteiger partial charge in [-0.15, -0.1) is 5.10 Å². The van der Waals surface area contributed by atoms with Gasteiger partial charge in [0, 0.05) is 19.6 Å². The molecular weight excluding hydrogens is 431 g/mol. The first kappa shape index (κ1) is 23.7. The van der Waals surface area contributed by atoms with E-state index in [-0.39, 0.29) is 33.9 Å². The van der Waals surface area contributed by atoms with Gasteiger partial charge in [0.25, 0.3) is 0 Å². The molecule has 0 amide bonds. The van der Waals surface area contributed by atoms with Gasteiger partial charge >= 0.3 is 18.2 Å². The highest BCUT2D eigenvalue weighted by molar-refractivity contribution is 6.32. The van der Waals surface area contributed by atoms with Gasteiger partial charge in [0.05, 0.1) is 17.7 Å². The van der Waals surface area contributed by atoms with Gasteiger partial charge in [-0.3, -0.25) is 0 Å². The first-order valence-corrected chi connectivity index (χ1v) is 9.26. The molecule has 8 nitrogen and oxygen atoms in total. The number of rotatable bonds is 9. The number of esters is 1. The molecule has 2 aromatic rings. The third-order valence-electron chi connectivity index (χ3n) is 4.21. The fourth-order valence-corrected chi connectivity index (χ4v) is 2.62. The Hall–Kier alpha value is -2.53. The molecule has 1 heterocycles. The van der Waals surface area contributed by atoms with Crippen molar-refractivity contribution in [3.63, 3.8) is 0 Å². The highest BCUT2D eigenvalue weighted by Crippen LogP contribution is 2.30. The van der Waals surface area contributed by atoms with E-state index < -0.39 is 35.8 Å². The van der Waals surface area contributed by atoms with Crippen LogP contribution in [-0.2, 0) is 14.3 Å². The maximum atomic E-state index is 14.4. The molecule has 0 aliphatic carbocycles. The van der Waals surface area contributed by atoms with Gasteiger partial charge in [-0.25, -0.2) is 18.5 Å². The fraction of sp³-hybridized carbons (Fsp3) is 0.500. The molecule has 30 heavy (non-hydrogen) atoms. The van der Waals surface area contributed by atoms with E-state index in [0.29, 0.717) is 11.1 Å². The second kappa shape index (κ2) is 9.98. The summed E-state index contributed by atoms with van der Waals surface area (Å²) in [6.45, 7) is 1.34. The Morgan fingerprint density at radius 2 is 1.97 bits per heavy atom. The third kappa shape index (κ3) is 5.33. The van der Waals surface area contributed by atoms with E-state index in [1.54, 1.807) is 0 Å². The van der Waals surface area contributed by atoms with Crippen molar-refractivity contribution in [1.29, 1.82) is 0 Å². The van der Waals surface area contributed by atoms with Crippen LogP contribution in [0.25, 0.3) is 5.69 Å². The first-order chi connectivity index (χ1) is 14.1. The molecule has 0 spiro atoms. The number of aromatic nitrogens is 3. The highest BCUT2D eigenvalue weighted by Gasteiger charge is 2.23. The van der Waals surface area contributed by atoms with Gasteiger partial charge in [0.2, 0.25) is 0 Å². The number of benzene rings is 1. The van der Waals surface area contributed by atoms with Gasteiger partial charge in [0.1, 0.15) is 17.3 Å². The Morgan fingerprint density at radius 3 is 2.53 bits per heavy atom. The number of carbonyl (C=O) groups excluding carboxylic acids is 1. The SMILES string of the molecule is COC(C)CCOC(=O)C(C)Oc1cc(-n2nc(C)n(C(F)F)c2=O)c(F)cc1Cl. The van der Waals surface area contributed by atoms with Crippen LogP contribution in [0.15, 0.2) is 16.9 Å². The average molecular weight is 452 g/mol. The molecule has 2 atom stereocenters. The Kier molecular flexibility index (Phi) is 7.90.